The van der Waals surface area contributed by atoms with Gasteiger partial charge in [0.15, 0.2) is 6.10 Å². The molecule has 0 aromatic rings. The number of hydrogen-bond donors (Lipinski definition) is 0. The smallest absolute Gasteiger partial charge is 0.306 e. The van der Waals surface area contributed by atoms with E-state index in [-0.39, 0.29) is 31.1 Å². The third kappa shape index (κ3) is 45.8. The minimum Gasteiger partial charge on any atom is -0.462 e. The highest BCUT2D eigenvalue weighted by Gasteiger charge is 2.19. The van der Waals surface area contributed by atoms with E-state index in [4.69, 9.17) is 14.2 Å². The normalized spacial score (nSPS) is 12.5. The molecule has 0 saturated carbocycles. The molecule has 0 heterocycles. The lowest BCUT2D eigenvalue weighted by Crippen LogP contribution is -2.30. The number of ether oxygens (including phenoxy) is 3. The van der Waals surface area contributed by atoms with Crippen molar-refractivity contribution in [2.45, 2.75) is 298 Å². The van der Waals surface area contributed by atoms with E-state index < -0.39 is 6.10 Å². The maximum Gasteiger partial charge on any atom is 0.306 e. The zero-order valence-corrected chi connectivity index (χ0v) is 40.4. The Morgan fingerprint density at radius 1 is 0.356 bits per heavy atom. The maximum absolute atomic E-state index is 12.8. The SMILES string of the molecule is CCCCCCCCCCCCCCCCCCCC(=O)O[C@@H](COC(=O)CCCCCCCCCCCCC(C)CC)COC(=O)CCCCCCCCCC(C)C. The summed E-state index contributed by atoms with van der Waals surface area (Å²) in [5, 5.41) is 0. The van der Waals surface area contributed by atoms with Gasteiger partial charge >= 0.3 is 17.9 Å². The molecule has 0 aliphatic carbocycles. The highest BCUT2D eigenvalue weighted by Crippen LogP contribution is 2.18. The van der Waals surface area contributed by atoms with Crippen LogP contribution < -0.4 is 0 Å². The zero-order valence-electron chi connectivity index (χ0n) is 40.4. The summed E-state index contributed by atoms with van der Waals surface area (Å²) in [5.41, 5.74) is 0. The van der Waals surface area contributed by atoms with Gasteiger partial charge in [-0.3, -0.25) is 14.4 Å². The van der Waals surface area contributed by atoms with Crippen molar-refractivity contribution < 1.29 is 28.6 Å². The molecule has 0 fully saturated rings. The third-order valence-corrected chi connectivity index (χ3v) is 12.3. The van der Waals surface area contributed by atoms with Crippen LogP contribution in [-0.4, -0.2) is 37.2 Å². The van der Waals surface area contributed by atoms with Crippen molar-refractivity contribution in [1.29, 1.82) is 0 Å². The number of carbonyl (C=O) groups is 3. The van der Waals surface area contributed by atoms with Gasteiger partial charge in [-0.05, 0) is 31.1 Å². The summed E-state index contributed by atoms with van der Waals surface area (Å²) in [6.45, 7) is 11.4. The molecule has 2 atom stereocenters. The second-order valence-corrected chi connectivity index (χ2v) is 18.9. The predicted octanol–water partition coefficient (Wildman–Crippen LogP) is 16.9. The van der Waals surface area contributed by atoms with E-state index in [2.05, 4.69) is 34.6 Å². The second-order valence-electron chi connectivity index (χ2n) is 18.9. The maximum atomic E-state index is 12.8. The number of carbonyl (C=O) groups excluding carboxylic acids is 3. The minimum absolute atomic E-state index is 0.0644. The van der Waals surface area contributed by atoms with Crippen LogP contribution in [0.15, 0.2) is 0 Å². The molecule has 0 aromatic heterocycles. The van der Waals surface area contributed by atoms with Crippen molar-refractivity contribution in [2.24, 2.45) is 11.8 Å². The summed E-state index contributed by atoms with van der Waals surface area (Å²) in [5.74, 6) is 0.800. The molecule has 0 rings (SSSR count). The number of rotatable bonds is 47. The largest absolute Gasteiger partial charge is 0.462 e. The van der Waals surface area contributed by atoms with Crippen LogP contribution in [0, 0.1) is 11.8 Å². The molecular formula is C53H102O6. The molecule has 0 saturated heterocycles. The molecular weight excluding hydrogens is 733 g/mol. The molecule has 59 heavy (non-hydrogen) atoms. The van der Waals surface area contributed by atoms with E-state index in [1.54, 1.807) is 0 Å². The van der Waals surface area contributed by atoms with E-state index in [1.807, 2.05) is 0 Å². The highest BCUT2D eigenvalue weighted by molar-refractivity contribution is 5.71. The first-order chi connectivity index (χ1) is 28.8. The summed E-state index contributed by atoms with van der Waals surface area (Å²) in [6.07, 6.45) is 46.6. The molecule has 0 bridgehead atoms. The molecule has 0 aromatic carbocycles. The topological polar surface area (TPSA) is 78.9 Å². The molecule has 0 aliphatic heterocycles. The Morgan fingerprint density at radius 2 is 0.644 bits per heavy atom. The van der Waals surface area contributed by atoms with Crippen LogP contribution in [0.4, 0.5) is 0 Å². The van der Waals surface area contributed by atoms with Gasteiger partial charge in [0.1, 0.15) is 13.2 Å². The van der Waals surface area contributed by atoms with E-state index in [0.717, 1.165) is 69.6 Å². The fourth-order valence-corrected chi connectivity index (χ4v) is 7.96. The second kappa shape index (κ2) is 45.9. The highest BCUT2D eigenvalue weighted by atomic mass is 16.6. The number of unbranched alkanes of at least 4 members (excludes halogenated alkanes) is 31. The van der Waals surface area contributed by atoms with Crippen LogP contribution in [0.25, 0.3) is 0 Å². The Kier molecular flexibility index (Phi) is 44.7. The molecule has 0 N–H and O–H groups in total. The van der Waals surface area contributed by atoms with Gasteiger partial charge in [-0.2, -0.15) is 0 Å². The van der Waals surface area contributed by atoms with Crippen LogP contribution in [0.1, 0.15) is 291 Å². The first-order valence-corrected chi connectivity index (χ1v) is 26.3. The van der Waals surface area contributed by atoms with Crippen LogP contribution in [0.2, 0.25) is 0 Å². The first kappa shape index (κ1) is 57.4. The van der Waals surface area contributed by atoms with Crippen molar-refractivity contribution in [3.05, 3.63) is 0 Å². The Hall–Kier alpha value is -1.59. The molecule has 0 amide bonds. The van der Waals surface area contributed by atoms with E-state index in [0.29, 0.717) is 19.3 Å². The lowest BCUT2D eigenvalue weighted by molar-refractivity contribution is -0.167. The van der Waals surface area contributed by atoms with Crippen molar-refractivity contribution in [2.75, 3.05) is 13.2 Å². The standard InChI is InChI=1S/C53H102O6/c1-6-8-9-10-11-12-13-14-15-16-17-18-19-24-29-35-40-45-53(56)59-50(47-58-52(55)44-39-34-30-25-26-31-36-41-48(3)4)46-57-51(54)43-38-33-28-23-21-20-22-27-32-37-42-49(5)7-2/h48-50H,6-47H2,1-5H3/t49?,50-/m0/s1. The Labute approximate surface area is 368 Å². The predicted molar refractivity (Wildman–Crippen MR) is 252 cm³/mol. The molecule has 0 radical (unpaired) electrons. The third-order valence-electron chi connectivity index (χ3n) is 12.3. The molecule has 6 heteroatoms. The van der Waals surface area contributed by atoms with Crippen molar-refractivity contribution >= 4 is 17.9 Å². The Balaban J connectivity index is 4.29. The first-order valence-electron chi connectivity index (χ1n) is 26.3. The summed E-state index contributed by atoms with van der Waals surface area (Å²) < 4.78 is 16.8. The van der Waals surface area contributed by atoms with Crippen LogP contribution in [-0.2, 0) is 28.6 Å². The summed E-state index contributed by atoms with van der Waals surface area (Å²) >= 11 is 0. The molecule has 1 unspecified atom stereocenters. The Morgan fingerprint density at radius 3 is 0.966 bits per heavy atom. The van der Waals surface area contributed by atoms with Gasteiger partial charge in [-0.1, -0.05) is 253 Å². The van der Waals surface area contributed by atoms with Crippen LogP contribution in [0.3, 0.4) is 0 Å². The summed E-state index contributed by atoms with van der Waals surface area (Å²) in [6, 6.07) is 0. The zero-order chi connectivity index (χ0) is 43.3. The van der Waals surface area contributed by atoms with E-state index >= 15 is 0 Å². The monoisotopic (exact) mass is 835 g/mol. The van der Waals surface area contributed by atoms with Gasteiger partial charge in [-0.15, -0.1) is 0 Å². The molecule has 6 nitrogen and oxygen atoms in total. The van der Waals surface area contributed by atoms with Gasteiger partial charge in [0.25, 0.3) is 0 Å². The van der Waals surface area contributed by atoms with Gasteiger partial charge in [0.2, 0.25) is 0 Å². The van der Waals surface area contributed by atoms with Gasteiger partial charge in [0.05, 0.1) is 0 Å². The Bertz CT molecular complexity index is 902. The van der Waals surface area contributed by atoms with Crippen molar-refractivity contribution in [3.8, 4) is 0 Å². The van der Waals surface area contributed by atoms with Crippen molar-refractivity contribution in [3.63, 3.8) is 0 Å². The summed E-state index contributed by atoms with van der Waals surface area (Å²) in [4.78, 5) is 37.9. The summed E-state index contributed by atoms with van der Waals surface area (Å²) in [7, 11) is 0. The molecule has 350 valence electrons. The lowest BCUT2D eigenvalue weighted by atomic mass is 9.99. The average molecular weight is 835 g/mol. The molecule has 0 spiro atoms. The van der Waals surface area contributed by atoms with Crippen LogP contribution in [0.5, 0.6) is 0 Å². The van der Waals surface area contributed by atoms with E-state index in [9.17, 15) is 14.4 Å². The van der Waals surface area contributed by atoms with Crippen LogP contribution >= 0.6 is 0 Å². The van der Waals surface area contributed by atoms with Gasteiger partial charge in [0, 0.05) is 19.3 Å². The number of hydrogen-bond acceptors (Lipinski definition) is 6. The number of esters is 3. The lowest BCUT2D eigenvalue weighted by Gasteiger charge is -2.18. The molecule has 0 aliphatic rings. The fourth-order valence-electron chi connectivity index (χ4n) is 7.96. The van der Waals surface area contributed by atoms with Gasteiger partial charge in [-0.25, -0.2) is 0 Å². The fraction of sp³-hybridized carbons (Fsp3) is 0.943. The van der Waals surface area contributed by atoms with E-state index in [1.165, 1.54) is 180 Å². The van der Waals surface area contributed by atoms with Crippen molar-refractivity contribution in [1.82, 2.24) is 0 Å². The average Bonchev–Trinajstić information content (AvgIpc) is 3.22. The quantitative estimate of drug-likeness (QED) is 0.0345. The minimum atomic E-state index is -0.762. The van der Waals surface area contributed by atoms with Gasteiger partial charge < -0.3 is 14.2 Å².